The van der Waals surface area contributed by atoms with E-state index in [0.717, 1.165) is 88.5 Å². The summed E-state index contributed by atoms with van der Waals surface area (Å²) in [6.45, 7) is 6.21. The molecule has 6 nitrogen and oxygen atoms in total. The van der Waals surface area contributed by atoms with E-state index in [9.17, 15) is 4.79 Å². The number of benzene rings is 1. The van der Waals surface area contributed by atoms with Gasteiger partial charge in [0.1, 0.15) is 11.5 Å². The molecule has 0 unspecified atom stereocenters. The number of carbonyl (C=O) groups excluding carboxylic acids is 1. The molecule has 1 aromatic carbocycles. The van der Waals surface area contributed by atoms with Crippen LogP contribution in [0.1, 0.15) is 48.3 Å². The van der Waals surface area contributed by atoms with Crippen molar-refractivity contribution < 1.29 is 4.79 Å². The fourth-order valence-corrected chi connectivity index (χ4v) is 4.79. The van der Waals surface area contributed by atoms with Gasteiger partial charge in [0.15, 0.2) is 0 Å². The van der Waals surface area contributed by atoms with Crippen LogP contribution in [-0.4, -0.2) is 72.1 Å². The lowest BCUT2D eigenvalue weighted by Crippen LogP contribution is -2.41. The van der Waals surface area contributed by atoms with E-state index in [1.54, 1.807) is 0 Å². The molecule has 0 atom stereocenters. The largest absolute Gasteiger partial charge is 0.350 e. The number of imidazole rings is 1. The van der Waals surface area contributed by atoms with Crippen LogP contribution in [0.3, 0.4) is 0 Å². The molecule has 0 spiro atoms. The second-order valence-electron chi connectivity index (χ2n) is 9.36. The Morgan fingerprint density at radius 1 is 1.10 bits per heavy atom. The average molecular weight is 424 g/mol. The second kappa shape index (κ2) is 10.4. The number of piperidine rings is 1. The number of amides is 1. The summed E-state index contributed by atoms with van der Waals surface area (Å²) in [6, 6.07) is 10.3. The number of likely N-dealkylation sites (N-methyl/N-ethyl adjacent to an activating group) is 1. The Kier molecular flexibility index (Phi) is 7.41. The van der Waals surface area contributed by atoms with Crippen molar-refractivity contribution in [2.75, 3.05) is 46.8 Å². The molecule has 0 radical (unpaired) electrons. The summed E-state index contributed by atoms with van der Waals surface area (Å²) in [7, 11) is 4.25. The molecule has 2 aliphatic heterocycles. The van der Waals surface area contributed by atoms with Crippen LogP contribution in [0, 0.1) is 5.92 Å². The van der Waals surface area contributed by atoms with Crippen molar-refractivity contribution in [3.8, 4) is 11.4 Å². The van der Waals surface area contributed by atoms with Gasteiger partial charge in [-0.3, -0.25) is 4.79 Å². The van der Waals surface area contributed by atoms with Crippen LogP contribution in [-0.2, 0) is 13.0 Å². The van der Waals surface area contributed by atoms with Gasteiger partial charge >= 0.3 is 0 Å². The first-order valence-corrected chi connectivity index (χ1v) is 11.9. The van der Waals surface area contributed by atoms with E-state index in [-0.39, 0.29) is 5.91 Å². The highest BCUT2D eigenvalue weighted by atomic mass is 16.1. The lowest BCUT2D eigenvalue weighted by molar-refractivity contribution is 0.0929. The molecular weight excluding hydrogens is 386 g/mol. The van der Waals surface area contributed by atoms with Crippen molar-refractivity contribution in [2.45, 2.75) is 45.1 Å². The Labute approximate surface area is 186 Å². The maximum Gasteiger partial charge on any atom is 0.271 e. The molecule has 0 saturated carbocycles. The first-order chi connectivity index (χ1) is 15.1. The summed E-state index contributed by atoms with van der Waals surface area (Å²) in [5.41, 5.74) is 2.85. The number of nitrogens with one attached hydrogen (secondary N) is 1. The summed E-state index contributed by atoms with van der Waals surface area (Å²) in [6.07, 6.45) is 6.74. The minimum absolute atomic E-state index is 0.00266. The fraction of sp³-hybridized carbons (Fsp3) is 0.600. The minimum atomic E-state index is 0.00266. The van der Waals surface area contributed by atoms with E-state index in [4.69, 9.17) is 4.98 Å². The van der Waals surface area contributed by atoms with Gasteiger partial charge in [0, 0.05) is 31.7 Å². The molecule has 168 valence electrons. The lowest BCUT2D eigenvalue weighted by Gasteiger charge is -2.32. The molecule has 1 saturated heterocycles. The van der Waals surface area contributed by atoms with E-state index < -0.39 is 0 Å². The molecule has 4 rings (SSSR count). The first kappa shape index (κ1) is 22.0. The van der Waals surface area contributed by atoms with Crippen molar-refractivity contribution in [1.82, 2.24) is 24.7 Å². The number of carbonyl (C=O) groups is 1. The van der Waals surface area contributed by atoms with E-state index in [1.807, 2.05) is 18.2 Å². The smallest absolute Gasteiger partial charge is 0.271 e. The van der Waals surface area contributed by atoms with Crippen LogP contribution in [0.25, 0.3) is 11.4 Å². The highest BCUT2D eigenvalue weighted by molar-refractivity contribution is 5.94. The highest BCUT2D eigenvalue weighted by Crippen LogP contribution is 2.27. The van der Waals surface area contributed by atoms with E-state index in [1.165, 1.54) is 6.42 Å². The van der Waals surface area contributed by atoms with E-state index in [0.29, 0.717) is 11.6 Å². The molecule has 1 aromatic heterocycles. The molecule has 0 bridgehead atoms. The van der Waals surface area contributed by atoms with Crippen LogP contribution in [0.5, 0.6) is 0 Å². The Morgan fingerprint density at radius 2 is 1.87 bits per heavy atom. The zero-order valence-electron chi connectivity index (χ0n) is 19.1. The number of fused-ring (bicyclic) bond motifs is 1. The Hall–Kier alpha value is -2.18. The zero-order valence-corrected chi connectivity index (χ0v) is 19.1. The van der Waals surface area contributed by atoms with Gasteiger partial charge < -0.3 is 19.7 Å². The summed E-state index contributed by atoms with van der Waals surface area (Å²) >= 11 is 0. The van der Waals surface area contributed by atoms with Gasteiger partial charge in [0.05, 0.1) is 5.69 Å². The summed E-state index contributed by atoms with van der Waals surface area (Å²) < 4.78 is 2.29. The van der Waals surface area contributed by atoms with Gasteiger partial charge in [0.2, 0.25) is 0 Å². The molecule has 1 fully saturated rings. The van der Waals surface area contributed by atoms with Crippen molar-refractivity contribution in [3.05, 3.63) is 41.7 Å². The number of hydrogen-bond acceptors (Lipinski definition) is 4. The second-order valence-corrected chi connectivity index (χ2v) is 9.36. The summed E-state index contributed by atoms with van der Waals surface area (Å²) in [4.78, 5) is 22.8. The van der Waals surface area contributed by atoms with Gasteiger partial charge in [-0.2, -0.15) is 0 Å². The standard InChI is InChI=1S/C25H37N5O/c1-28(2)17-18-29-15-12-20(13-16-29)19-26-25(31)23-22-11-7-4-8-14-30(22)24(27-23)21-9-5-3-6-10-21/h3,5-6,9-10,20H,4,7-8,11-19H2,1-2H3,(H,26,31). The molecule has 1 N–H and O–H groups in total. The quantitative estimate of drug-likeness (QED) is 0.743. The van der Waals surface area contributed by atoms with Crippen LogP contribution in [0.2, 0.25) is 0 Å². The SMILES string of the molecule is CN(C)CCN1CCC(CNC(=O)c2nc(-c3ccccc3)n3c2CCCCC3)CC1. The van der Waals surface area contributed by atoms with Gasteiger partial charge in [-0.05, 0) is 65.2 Å². The lowest BCUT2D eigenvalue weighted by atomic mass is 9.96. The molecule has 0 aliphatic carbocycles. The maximum absolute atomic E-state index is 13.2. The molecule has 31 heavy (non-hydrogen) atoms. The first-order valence-electron chi connectivity index (χ1n) is 11.9. The van der Waals surface area contributed by atoms with Crippen molar-refractivity contribution in [1.29, 1.82) is 0 Å². The number of rotatable bonds is 7. The number of aromatic nitrogens is 2. The van der Waals surface area contributed by atoms with Crippen molar-refractivity contribution >= 4 is 5.91 Å². The third-order valence-electron chi connectivity index (χ3n) is 6.74. The number of hydrogen-bond donors (Lipinski definition) is 1. The predicted octanol–water partition coefficient (Wildman–Crippen LogP) is 3.28. The molecule has 1 amide bonds. The normalized spacial score (nSPS) is 18.0. The third kappa shape index (κ3) is 5.55. The average Bonchev–Trinajstić information content (AvgIpc) is 2.98. The summed E-state index contributed by atoms with van der Waals surface area (Å²) in [5, 5.41) is 3.23. The Bertz CT molecular complexity index is 852. The predicted molar refractivity (Wildman–Crippen MR) is 125 cm³/mol. The Balaban J connectivity index is 1.39. The molecule has 2 aromatic rings. The Morgan fingerprint density at radius 3 is 2.61 bits per heavy atom. The van der Waals surface area contributed by atoms with E-state index in [2.05, 4.69) is 45.9 Å². The molecule has 6 heteroatoms. The van der Waals surface area contributed by atoms with Gasteiger partial charge in [-0.15, -0.1) is 0 Å². The molecular formula is C25H37N5O. The van der Waals surface area contributed by atoms with E-state index >= 15 is 0 Å². The van der Waals surface area contributed by atoms with Crippen LogP contribution in [0.4, 0.5) is 0 Å². The van der Waals surface area contributed by atoms with Crippen molar-refractivity contribution in [2.24, 2.45) is 5.92 Å². The monoisotopic (exact) mass is 423 g/mol. The van der Waals surface area contributed by atoms with Crippen LogP contribution >= 0.6 is 0 Å². The third-order valence-corrected chi connectivity index (χ3v) is 6.74. The van der Waals surface area contributed by atoms with Gasteiger partial charge in [-0.25, -0.2) is 4.98 Å². The number of likely N-dealkylation sites (tertiary alicyclic amines) is 1. The summed E-state index contributed by atoms with van der Waals surface area (Å²) in [5.74, 6) is 1.51. The topological polar surface area (TPSA) is 53.4 Å². The van der Waals surface area contributed by atoms with Crippen LogP contribution < -0.4 is 5.32 Å². The minimum Gasteiger partial charge on any atom is -0.350 e. The number of nitrogens with zero attached hydrogens (tertiary/aromatic N) is 4. The highest BCUT2D eigenvalue weighted by Gasteiger charge is 2.25. The van der Waals surface area contributed by atoms with Crippen LogP contribution in [0.15, 0.2) is 30.3 Å². The maximum atomic E-state index is 13.2. The van der Waals surface area contributed by atoms with Gasteiger partial charge in [-0.1, -0.05) is 36.8 Å². The molecule has 2 aliphatic rings. The van der Waals surface area contributed by atoms with Gasteiger partial charge in [0.25, 0.3) is 5.91 Å². The molecule has 3 heterocycles. The fourth-order valence-electron chi connectivity index (χ4n) is 4.79. The zero-order chi connectivity index (χ0) is 21.6. The van der Waals surface area contributed by atoms with Crippen molar-refractivity contribution in [3.63, 3.8) is 0 Å².